The first kappa shape index (κ1) is 19.4. The predicted molar refractivity (Wildman–Crippen MR) is 78.9 cm³/mol. The highest BCUT2D eigenvalue weighted by molar-refractivity contribution is 5.12. The molecule has 3 rings (SSSR count). The summed E-state index contributed by atoms with van der Waals surface area (Å²) in [7, 11) is 0. The molecule has 7 N–H and O–H groups in total. The SMILES string of the molecule is CC1(O)CC(O)C2(O)CCOC(OC3OC(CO)C(O)C(O)C3O)C12. The van der Waals surface area contributed by atoms with Crippen LogP contribution in [0.5, 0.6) is 0 Å². The highest BCUT2D eigenvalue weighted by Crippen LogP contribution is 2.50. The van der Waals surface area contributed by atoms with Crippen molar-refractivity contribution in [1.82, 2.24) is 0 Å². The summed E-state index contributed by atoms with van der Waals surface area (Å²) in [6.07, 6.45) is -9.77. The summed E-state index contributed by atoms with van der Waals surface area (Å²) in [5.74, 6) is -1.02. The van der Waals surface area contributed by atoms with Crippen LogP contribution >= 0.6 is 0 Å². The van der Waals surface area contributed by atoms with Gasteiger partial charge in [-0.15, -0.1) is 0 Å². The molecule has 10 nitrogen and oxygen atoms in total. The molecule has 146 valence electrons. The molecule has 10 unspecified atom stereocenters. The van der Waals surface area contributed by atoms with E-state index < -0.39 is 66.8 Å². The second-order valence-corrected chi connectivity index (χ2v) is 7.37. The fourth-order valence-corrected chi connectivity index (χ4v) is 4.16. The quantitative estimate of drug-likeness (QED) is 0.265. The molecule has 3 aliphatic rings. The van der Waals surface area contributed by atoms with Crippen molar-refractivity contribution in [2.45, 2.75) is 74.1 Å². The van der Waals surface area contributed by atoms with Gasteiger partial charge >= 0.3 is 0 Å². The van der Waals surface area contributed by atoms with E-state index in [1.807, 2.05) is 0 Å². The molecule has 25 heavy (non-hydrogen) atoms. The molecule has 2 heterocycles. The Morgan fingerprint density at radius 1 is 1.04 bits per heavy atom. The maximum Gasteiger partial charge on any atom is 0.189 e. The average Bonchev–Trinajstić information content (AvgIpc) is 2.73. The van der Waals surface area contributed by atoms with E-state index in [1.165, 1.54) is 6.92 Å². The van der Waals surface area contributed by atoms with E-state index in [0.717, 1.165) is 0 Å². The Morgan fingerprint density at radius 3 is 2.36 bits per heavy atom. The summed E-state index contributed by atoms with van der Waals surface area (Å²) in [4.78, 5) is 0. The van der Waals surface area contributed by atoms with Crippen molar-refractivity contribution in [3.05, 3.63) is 0 Å². The van der Waals surface area contributed by atoms with E-state index in [1.54, 1.807) is 0 Å². The maximum absolute atomic E-state index is 10.8. The lowest BCUT2D eigenvalue weighted by atomic mass is 9.79. The molecule has 0 aromatic rings. The van der Waals surface area contributed by atoms with Gasteiger partial charge in [0.2, 0.25) is 0 Å². The minimum absolute atomic E-state index is 0.0439. The molecule has 2 aliphatic heterocycles. The first-order chi connectivity index (χ1) is 11.6. The first-order valence-corrected chi connectivity index (χ1v) is 8.32. The second kappa shape index (κ2) is 6.64. The van der Waals surface area contributed by atoms with Gasteiger partial charge in [0.05, 0.1) is 30.8 Å². The van der Waals surface area contributed by atoms with E-state index in [2.05, 4.69) is 0 Å². The molecule has 1 saturated carbocycles. The molecule has 0 bridgehead atoms. The molecule has 1 aliphatic carbocycles. The van der Waals surface area contributed by atoms with Gasteiger partial charge in [-0.2, -0.15) is 0 Å². The smallest absolute Gasteiger partial charge is 0.189 e. The van der Waals surface area contributed by atoms with Crippen LogP contribution < -0.4 is 0 Å². The van der Waals surface area contributed by atoms with Gasteiger partial charge in [0.1, 0.15) is 30.0 Å². The van der Waals surface area contributed by atoms with E-state index in [-0.39, 0.29) is 19.4 Å². The topological polar surface area (TPSA) is 169 Å². The van der Waals surface area contributed by atoms with Crippen LogP contribution in [0.4, 0.5) is 0 Å². The molecule has 0 aromatic heterocycles. The van der Waals surface area contributed by atoms with Gasteiger partial charge in [0.25, 0.3) is 0 Å². The van der Waals surface area contributed by atoms with Crippen LogP contribution in [0, 0.1) is 5.92 Å². The first-order valence-electron chi connectivity index (χ1n) is 8.32. The molecule has 0 radical (unpaired) electrons. The monoisotopic (exact) mass is 366 g/mol. The molecule has 0 amide bonds. The Kier molecular flexibility index (Phi) is 5.14. The van der Waals surface area contributed by atoms with Crippen LogP contribution in [0.3, 0.4) is 0 Å². The zero-order valence-electron chi connectivity index (χ0n) is 13.8. The third-order valence-corrected chi connectivity index (χ3v) is 5.57. The number of aliphatic hydroxyl groups is 7. The number of hydrogen-bond donors (Lipinski definition) is 7. The fourth-order valence-electron chi connectivity index (χ4n) is 4.16. The molecule has 10 heteroatoms. The maximum atomic E-state index is 10.8. The van der Waals surface area contributed by atoms with Crippen molar-refractivity contribution in [3.8, 4) is 0 Å². The number of aliphatic hydroxyl groups excluding tert-OH is 5. The molecular weight excluding hydrogens is 340 g/mol. The molecule has 10 atom stereocenters. The fraction of sp³-hybridized carbons (Fsp3) is 1.00. The highest BCUT2D eigenvalue weighted by atomic mass is 16.8. The van der Waals surface area contributed by atoms with Crippen molar-refractivity contribution in [3.63, 3.8) is 0 Å². The molecule has 3 fully saturated rings. The average molecular weight is 366 g/mol. The lowest BCUT2D eigenvalue weighted by Gasteiger charge is -2.47. The molecule has 0 aromatic carbocycles. The predicted octanol–water partition coefficient (Wildman–Crippen LogP) is -3.59. The summed E-state index contributed by atoms with van der Waals surface area (Å²) in [5.41, 5.74) is -3.12. The second-order valence-electron chi connectivity index (χ2n) is 7.37. The van der Waals surface area contributed by atoms with Gasteiger partial charge in [-0.1, -0.05) is 0 Å². The van der Waals surface area contributed by atoms with E-state index in [4.69, 9.17) is 14.2 Å². The number of ether oxygens (including phenoxy) is 3. The molecular formula is C15H26O10. The van der Waals surface area contributed by atoms with Gasteiger partial charge in [-0.05, 0) is 6.92 Å². The summed E-state index contributed by atoms with van der Waals surface area (Å²) in [5, 5.41) is 70.4. The van der Waals surface area contributed by atoms with Crippen LogP contribution in [0.25, 0.3) is 0 Å². The van der Waals surface area contributed by atoms with Crippen molar-refractivity contribution >= 4 is 0 Å². The van der Waals surface area contributed by atoms with Gasteiger partial charge in [-0.3, -0.25) is 0 Å². The van der Waals surface area contributed by atoms with Gasteiger partial charge < -0.3 is 50.0 Å². The Morgan fingerprint density at radius 2 is 1.72 bits per heavy atom. The summed E-state index contributed by atoms with van der Waals surface area (Å²) < 4.78 is 16.3. The van der Waals surface area contributed by atoms with E-state index in [0.29, 0.717) is 0 Å². The third-order valence-electron chi connectivity index (χ3n) is 5.57. The Bertz CT molecular complexity index is 485. The largest absolute Gasteiger partial charge is 0.394 e. The summed E-state index contributed by atoms with van der Waals surface area (Å²) in [6, 6.07) is 0. The number of rotatable bonds is 3. The van der Waals surface area contributed by atoms with E-state index >= 15 is 0 Å². The van der Waals surface area contributed by atoms with Crippen molar-refractivity contribution in [2.75, 3.05) is 13.2 Å². The van der Waals surface area contributed by atoms with Gasteiger partial charge in [0.15, 0.2) is 12.6 Å². The van der Waals surface area contributed by atoms with Crippen LogP contribution in [-0.2, 0) is 14.2 Å². The Labute approximate surface area is 144 Å². The van der Waals surface area contributed by atoms with Crippen LogP contribution in [0.2, 0.25) is 0 Å². The van der Waals surface area contributed by atoms with Gasteiger partial charge in [0, 0.05) is 12.8 Å². The van der Waals surface area contributed by atoms with Crippen molar-refractivity contribution in [1.29, 1.82) is 0 Å². The minimum atomic E-state index is -1.63. The third kappa shape index (κ3) is 3.10. The standard InChI is InChI=1S/C15H26O10/c1-14(21)4-7(17)15(22)2-3-23-13(11(14)15)25-12-10(20)9(19)8(18)6(5-16)24-12/h6-13,16-22H,2-5H2,1H3. The zero-order valence-corrected chi connectivity index (χ0v) is 13.8. The van der Waals surface area contributed by atoms with Crippen LogP contribution in [0.15, 0.2) is 0 Å². The minimum Gasteiger partial charge on any atom is -0.394 e. The summed E-state index contributed by atoms with van der Waals surface area (Å²) in [6.45, 7) is 0.875. The zero-order chi connectivity index (χ0) is 18.6. The summed E-state index contributed by atoms with van der Waals surface area (Å²) >= 11 is 0. The lowest BCUT2D eigenvalue weighted by Crippen LogP contribution is -2.63. The highest BCUT2D eigenvalue weighted by Gasteiger charge is 2.64. The van der Waals surface area contributed by atoms with Gasteiger partial charge in [-0.25, -0.2) is 0 Å². The molecule has 2 saturated heterocycles. The lowest BCUT2D eigenvalue weighted by molar-refractivity contribution is -0.367. The van der Waals surface area contributed by atoms with Crippen molar-refractivity contribution < 1.29 is 50.0 Å². The van der Waals surface area contributed by atoms with E-state index in [9.17, 15) is 35.7 Å². The Balaban J connectivity index is 1.79. The normalized spacial score (nSPS) is 56.6. The molecule has 0 spiro atoms. The van der Waals surface area contributed by atoms with Crippen LogP contribution in [-0.4, -0.2) is 103 Å². The Hall–Kier alpha value is -0.400. The number of fused-ring (bicyclic) bond motifs is 1. The van der Waals surface area contributed by atoms with Crippen molar-refractivity contribution in [2.24, 2.45) is 5.92 Å². The van der Waals surface area contributed by atoms with Crippen LogP contribution in [0.1, 0.15) is 19.8 Å². The number of hydrogen-bond acceptors (Lipinski definition) is 10.